The Bertz CT molecular complexity index is 570. The van der Waals surface area contributed by atoms with E-state index in [0.717, 1.165) is 5.69 Å². The Labute approximate surface area is 123 Å². The van der Waals surface area contributed by atoms with Crippen LogP contribution in [0.5, 0.6) is 0 Å². The minimum Gasteiger partial charge on any atom is -0.383 e. The van der Waals surface area contributed by atoms with Crippen LogP contribution in [0.2, 0.25) is 0 Å². The van der Waals surface area contributed by atoms with Gasteiger partial charge in [-0.1, -0.05) is 18.2 Å². The van der Waals surface area contributed by atoms with E-state index in [2.05, 4.69) is 20.8 Å². The standard InChI is InChI=1S/C14H19N5O2/c1-11(9-21-2)17-14(20)15-8-13-18-16-10-19(13)12-6-4-3-5-7-12/h3-7,10-11H,8-9H2,1-2H3,(H2,15,17,20). The van der Waals surface area contributed by atoms with Crippen LogP contribution in [-0.4, -0.2) is 40.6 Å². The van der Waals surface area contributed by atoms with Gasteiger partial charge < -0.3 is 15.4 Å². The normalized spacial score (nSPS) is 11.9. The van der Waals surface area contributed by atoms with Gasteiger partial charge in [-0.25, -0.2) is 4.79 Å². The van der Waals surface area contributed by atoms with Crippen LogP contribution in [0.15, 0.2) is 36.7 Å². The third kappa shape index (κ3) is 4.28. The van der Waals surface area contributed by atoms with Crippen molar-refractivity contribution >= 4 is 6.03 Å². The van der Waals surface area contributed by atoms with E-state index >= 15 is 0 Å². The van der Waals surface area contributed by atoms with Gasteiger partial charge in [-0.2, -0.15) is 0 Å². The van der Waals surface area contributed by atoms with Crippen molar-refractivity contribution in [3.8, 4) is 5.69 Å². The second-order valence-corrected chi connectivity index (χ2v) is 4.64. The number of amides is 2. The SMILES string of the molecule is COCC(C)NC(=O)NCc1nncn1-c1ccccc1. The number of benzene rings is 1. The fraction of sp³-hybridized carbons (Fsp3) is 0.357. The molecule has 1 atom stereocenters. The summed E-state index contributed by atoms with van der Waals surface area (Å²) in [5, 5.41) is 13.4. The quantitative estimate of drug-likeness (QED) is 0.834. The van der Waals surface area contributed by atoms with Gasteiger partial charge in [-0.15, -0.1) is 10.2 Å². The molecule has 0 aliphatic rings. The van der Waals surface area contributed by atoms with Crippen LogP contribution in [0.25, 0.3) is 5.69 Å². The lowest BCUT2D eigenvalue weighted by Gasteiger charge is -2.13. The summed E-state index contributed by atoms with van der Waals surface area (Å²) in [5.74, 6) is 0.663. The van der Waals surface area contributed by atoms with E-state index in [1.165, 1.54) is 0 Å². The van der Waals surface area contributed by atoms with Gasteiger partial charge in [0, 0.05) is 12.8 Å². The van der Waals surface area contributed by atoms with Crippen molar-refractivity contribution in [2.75, 3.05) is 13.7 Å². The van der Waals surface area contributed by atoms with Crippen LogP contribution in [0.1, 0.15) is 12.7 Å². The van der Waals surface area contributed by atoms with E-state index in [4.69, 9.17) is 4.74 Å². The van der Waals surface area contributed by atoms with Crippen molar-refractivity contribution in [1.29, 1.82) is 0 Å². The van der Waals surface area contributed by atoms with Crippen LogP contribution < -0.4 is 10.6 Å². The Kier molecular flexibility index (Phi) is 5.28. The maximum absolute atomic E-state index is 11.7. The summed E-state index contributed by atoms with van der Waals surface area (Å²) in [4.78, 5) is 11.7. The van der Waals surface area contributed by atoms with Gasteiger partial charge >= 0.3 is 6.03 Å². The number of carbonyl (C=O) groups excluding carboxylic acids is 1. The number of urea groups is 1. The van der Waals surface area contributed by atoms with E-state index in [1.807, 2.05) is 41.8 Å². The molecule has 2 rings (SSSR count). The zero-order valence-corrected chi connectivity index (χ0v) is 12.1. The van der Waals surface area contributed by atoms with Gasteiger partial charge in [-0.3, -0.25) is 4.57 Å². The zero-order valence-electron chi connectivity index (χ0n) is 12.1. The van der Waals surface area contributed by atoms with E-state index < -0.39 is 0 Å². The third-order valence-corrected chi connectivity index (χ3v) is 2.85. The summed E-state index contributed by atoms with van der Waals surface area (Å²) >= 11 is 0. The minimum atomic E-state index is -0.262. The van der Waals surface area contributed by atoms with Gasteiger partial charge in [0.25, 0.3) is 0 Å². The summed E-state index contributed by atoms with van der Waals surface area (Å²) in [6.45, 7) is 2.63. The number of ether oxygens (including phenoxy) is 1. The molecule has 21 heavy (non-hydrogen) atoms. The molecule has 0 saturated carbocycles. The van der Waals surface area contributed by atoms with E-state index in [1.54, 1.807) is 13.4 Å². The lowest BCUT2D eigenvalue weighted by atomic mass is 10.3. The summed E-state index contributed by atoms with van der Waals surface area (Å²) in [5.41, 5.74) is 0.951. The number of aromatic nitrogens is 3. The minimum absolute atomic E-state index is 0.0537. The van der Waals surface area contributed by atoms with Gasteiger partial charge in [0.15, 0.2) is 5.82 Å². The van der Waals surface area contributed by atoms with Crippen LogP contribution in [0.4, 0.5) is 4.79 Å². The summed E-state index contributed by atoms with van der Waals surface area (Å²) in [6.07, 6.45) is 1.62. The maximum Gasteiger partial charge on any atom is 0.315 e. The van der Waals surface area contributed by atoms with Crippen molar-refractivity contribution in [2.45, 2.75) is 19.5 Å². The smallest absolute Gasteiger partial charge is 0.315 e. The first kappa shape index (κ1) is 15.0. The van der Waals surface area contributed by atoms with Gasteiger partial charge in [-0.05, 0) is 19.1 Å². The second-order valence-electron chi connectivity index (χ2n) is 4.64. The number of hydrogen-bond acceptors (Lipinski definition) is 4. The highest BCUT2D eigenvalue weighted by atomic mass is 16.5. The Morgan fingerprint density at radius 2 is 2.14 bits per heavy atom. The first-order valence-electron chi connectivity index (χ1n) is 6.68. The van der Waals surface area contributed by atoms with Crippen LogP contribution in [0, 0.1) is 0 Å². The van der Waals surface area contributed by atoms with Crippen LogP contribution in [-0.2, 0) is 11.3 Å². The summed E-state index contributed by atoms with van der Waals surface area (Å²) in [7, 11) is 1.60. The monoisotopic (exact) mass is 289 g/mol. The van der Waals surface area contributed by atoms with Crippen molar-refractivity contribution in [3.05, 3.63) is 42.5 Å². The first-order valence-corrected chi connectivity index (χ1v) is 6.68. The van der Waals surface area contributed by atoms with E-state index in [9.17, 15) is 4.79 Å². The van der Waals surface area contributed by atoms with Crippen molar-refractivity contribution in [3.63, 3.8) is 0 Å². The Morgan fingerprint density at radius 1 is 1.38 bits per heavy atom. The maximum atomic E-state index is 11.7. The third-order valence-electron chi connectivity index (χ3n) is 2.85. The number of rotatable bonds is 6. The highest BCUT2D eigenvalue weighted by Crippen LogP contribution is 2.08. The topological polar surface area (TPSA) is 81.1 Å². The Morgan fingerprint density at radius 3 is 2.86 bits per heavy atom. The highest BCUT2D eigenvalue weighted by molar-refractivity contribution is 5.74. The molecule has 0 saturated heterocycles. The van der Waals surface area contributed by atoms with E-state index in [-0.39, 0.29) is 12.1 Å². The fourth-order valence-corrected chi connectivity index (χ4v) is 1.91. The molecular formula is C14H19N5O2. The second kappa shape index (κ2) is 7.39. The molecular weight excluding hydrogens is 270 g/mol. The lowest BCUT2D eigenvalue weighted by Crippen LogP contribution is -2.42. The molecule has 2 aromatic rings. The molecule has 7 heteroatoms. The number of para-hydroxylation sites is 1. The average molecular weight is 289 g/mol. The number of methoxy groups -OCH3 is 1. The van der Waals surface area contributed by atoms with Crippen molar-refractivity contribution in [2.24, 2.45) is 0 Å². The Balaban J connectivity index is 1.93. The molecule has 0 bridgehead atoms. The molecule has 2 N–H and O–H groups in total. The fourth-order valence-electron chi connectivity index (χ4n) is 1.91. The number of nitrogens with one attached hydrogen (secondary N) is 2. The molecule has 0 aliphatic carbocycles. The molecule has 0 fully saturated rings. The molecule has 0 radical (unpaired) electrons. The van der Waals surface area contributed by atoms with E-state index in [0.29, 0.717) is 19.0 Å². The molecule has 1 heterocycles. The average Bonchev–Trinajstić information content (AvgIpc) is 2.94. The highest BCUT2D eigenvalue weighted by Gasteiger charge is 2.10. The van der Waals surface area contributed by atoms with Gasteiger partial charge in [0.2, 0.25) is 0 Å². The Hall–Kier alpha value is -2.41. The molecule has 2 amide bonds. The summed E-state index contributed by atoms with van der Waals surface area (Å²) in [6, 6.07) is 9.40. The predicted octanol–water partition coefficient (Wildman–Crippen LogP) is 1.10. The molecule has 1 aromatic carbocycles. The molecule has 7 nitrogen and oxygen atoms in total. The first-order chi connectivity index (χ1) is 10.2. The van der Waals surface area contributed by atoms with Gasteiger partial charge in [0.1, 0.15) is 6.33 Å². The number of carbonyl (C=O) groups is 1. The zero-order chi connectivity index (χ0) is 15.1. The van der Waals surface area contributed by atoms with Crippen molar-refractivity contribution < 1.29 is 9.53 Å². The van der Waals surface area contributed by atoms with Crippen LogP contribution >= 0.6 is 0 Å². The number of nitrogens with zero attached hydrogens (tertiary/aromatic N) is 3. The molecule has 1 unspecified atom stereocenters. The van der Waals surface area contributed by atoms with Crippen molar-refractivity contribution in [1.82, 2.24) is 25.4 Å². The largest absolute Gasteiger partial charge is 0.383 e. The predicted molar refractivity (Wildman–Crippen MR) is 78.1 cm³/mol. The number of hydrogen-bond donors (Lipinski definition) is 2. The van der Waals surface area contributed by atoms with Crippen LogP contribution in [0.3, 0.4) is 0 Å². The molecule has 0 spiro atoms. The summed E-state index contributed by atoms with van der Waals surface area (Å²) < 4.78 is 6.80. The molecule has 0 aliphatic heterocycles. The lowest BCUT2D eigenvalue weighted by molar-refractivity contribution is 0.171. The molecule has 1 aromatic heterocycles. The molecule has 112 valence electrons. The van der Waals surface area contributed by atoms with Gasteiger partial charge in [0.05, 0.1) is 19.2 Å².